The number of hydrogen-bond acceptors (Lipinski definition) is 4. The Hall–Kier alpha value is -2.89. The van der Waals surface area contributed by atoms with Crippen LogP contribution in [-0.2, 0) is 9.84 Å². The molecule has 0 N–H and O–H groups in total. The summed E-state index contributed by atoms with van der Waals surface area (Å²) in [7, 11) is -3.86. The highest BCUT2D eigenvalue weighted by molar-refractivity contribution is 7.91. The maximum atomic E-state index is 13.5. The molecule has 1 aromatic heterocycles. The molecular formula is C24H20ClNO3S. The Morgan fingerprint density at radius 1 is 0.800 bits per heavy atom. The molecular weight excluding hydrogens is 418 g/mol. The molecule has 4 nitrogen and oxygen atoms in total. The van der Waals surface area contributed by atoms with Crippen molar-refractivity contribution in [2.24, 2.45) is 4.99 Å². The van der Waals surface area contributed by atoms with Crippen LogP contribution in [0.15, 0.2) is 85.9 Å². The Morgan fingerprint density at radius 2 is 1.47 bits per heavy atom. The van der Waals surface area contributed by atoms with Gasteiger partial charge < -0.3 is 4.42 Å². The number of halogens is 1. The van der Waals surface area contributed by atoms with Crippen molar-refractivity contribution in [2.75, 3.05) is 0 Å². The molecule has 0 amide bonds. The molecule has 1 heterocycles. The first kappa shape index (κ1) is 20.4. The molecule has 0 saturated heterocycles. The normalized spacial score (nSPS) is 12.5. The second-order valence-corrected chi connectivity index (χ2v) is 9.73. The zero-order valence-electron chi connectivity index (χ0n) is 16.8. The third kappa shape index (κ3) is 4.04. The van der Waals surface area contributed by atoms with Crippen LogP contribution >= 0.6 is 11.6 Å². The van der Waals surface area contributed by atoms with E-state index in [1.54, 1.807) is 48.5 Å². The standard InChI is InChI=1S/C24H20ClNO3S/c1-15-4-7-21(8-5-15)30(27,28)23-14-18-13-19(25)6-9-22(18)29-24(23)26-20-11-16(2)10-17(3)12-20/h4-14H,1-3H3. The topological polar surface area (TPSA) is 59.6 Å². The van der Waals surface area contributed by atoms with Crippen LogP contribution in [0, 0.1) is 20.8 Å². The molecule has 3 aromatic carbocycles. The zero-order chi connectivity index (χ0) is 21.5. The van der Waals surface area contributed by atoms with Crippen LogP contribution in [0.3, 0.4) is 0 Å². The van der Waals surface area contributed by atoms with Gasteiger partial charge in [-0.3, -0.25) is 0 Å². The minimum Gasteiger partial charge on any atom is -0.437 e. The van der Waals surface area contributed by atoms with E-state index in [2.05, 4.69) is 4.99 Å². The van der Waals surface area contributed by atoms with Crippen LogP contribution in [0.5, 0.6) is 0 Å². The lowest BCUT2D eigenvalue weighted by molar-refractivity contribution is 0.517. The van der Waals surface area contributed by atoms with Crippen molar-refractivity contribution in [1.82, 2.24) is 0 Å². The van der Waals surface area contributed by atoms with E-state index in [0.29, 0.717) is 21.7 Å². The highest BCUT2D eigenvalue weighted by atomic mass is 35.5. The third-order valence-electron chi connectivity index (χ3n) is 4.73. The maximum Gasteiger partial charge on any atom is 0.239 e. The van der Waals surface area contributed by atoms with Crippen LogP contribution in [0.4, 0.5) is 5.69 Å². The van der Waals surface area contributed by atoms with Crippen LogP contribution in [0.2, 0.25) is 5.02 Å². The van der Waals surface area contributed by atoms with Gasteiger partial charge in [0, 0.05) is 10.4 Å². The Balaban J connectivity index is 2.04. The molecule has 0 aliphatic heterocycles. The lowest BCUT2D eigenvalue weighted by Crippen LogP contribution is -2.15. The summed E-state index contributed by atoms with van der Waals surface area (Å²) in [4.78, 5) is 4.75. The van der Waals surface area contributed by atoms with E-state index >= 15 is 0 Å². The Labute approximate surface area is 180 Å². The van der Waals surface area contributed by atoms with Gasteiger partial charge in [0.15, 0.2) is 0 Å². The summed E-state index contributed by atoms with van der Waals surface area (Å²) in [6.07, 6.45) is 0. The first-order chi connectivity index (χ1) is 14.2. The van der Waals surface area contributed by atoms with Crippen LogP contribution in [0.1, 0.15) is 16.7 Å². The SMILES string of the molecule is Cc1ccc(S(=O)(=O)c2cc3cc(Cl)ccc3oc2=Nc2cc(C)cc(C)c2)cc1. The van der Waals surface area contributed by atoms with Crippen LogP contribution in [-0.4, -0.2) is 8.42 Å². The third-order valence-corrected chi connectivity index (χ3v) is 6.73. The second kappa shape index (κ2) is 7.74. The highest BCUT2D eigenvalue weighted by Crippen LogP contribution is 2.25. The molecule has 152 valence electrons. The minimum absolute atomic E-state index is 0.000258. The van der Waals surface area contributed by atoms with Gasteiger partial charge in [-0.15, -0.1) is 0 Å². The summed E-state index contributed by atoms with van der Waals surface area (Å²) in [5, 5.41) is 1.09. The van der Waals surface area contributed by atoms with Gasteiger partial charge in [0.1, 0.15) is 10.5 Å². The monoisotopic (exact) mass is 437 g/mol. The Bertz CT molecular complexity index is 1420. The summed E-state index contributed by atoms with van der Waals surface area (Å²) in [6, 6.07) is 19.2. The zero-order valence-corrected chi connectivity index (χ0v) is 18.4. The van der Waals surface area contributed by atoms with Crippen LogP contribution < -0.4 is 5.55 Å². The Kier molecular flexibility index (Phi) is 5.26. The van der Waals surface area contributed by atoms with Gasteiger partial charge >= 0.3 is 0 Å². The minimum atomic E-state index is -3.86. The predicted octanol–water partition coefficient (Wildman–Crippen LogP) is 6.08. The average Bonchev–Trinajstić information content (AvgIpc) is 2.67. The quantitative estimate of drug-likeness (QED) is 0.390. The van der Waals surface area contributed by atoms with E-state index < -0.39 is 9.84 Å². The van der Waals surface area contributed by atoms with Crippen molar-refractivity contribution in [3.63, 3.8) is 0 Å². The van der Waals surface area contributed by atoms with Gasteiger partial charge in [-0.1, -0.05) is 35.4 Å². The number of aryl methyl sites for hydroxylation is 3. The number of fused-ring (bicyclic) bond motifs is 1. The molecule has 30 heavy (non-hydrogen) atoms. The number of sulfone groups is 1. The first-order valence-corrected chi connectivity index (χ1v) is 11.3. The van der Waals surface area contributed by atoms with E-state index in [0.717, 1.165) is 16.7 Å². The number of rotatable bonds is 3. The van der Waals surface area contributed by atoms with E-state index in [1.807, 2.05) is 39.0 Å². The molecule has 0 aliphatic rings. The molecule has 0 unspecified atom stereocenters. The molecule has 0 bridgehead atoms. The van der Waals surface area contributed by atoms with Gasteiger partial charge in [0.2, 0.25) is 15.4 Å². The summed E-state index contributed by atoms with van der Waals surface area (Å²) < 4.78 is 32.9. The summed E-state index contributed by atoms with van der Waals surface area (Å²) in [5.74, 6) is 0. The number of nitrogens with zero attached hydrogens (tertiary/aromatic N) is 1. The van der Waals surface area contributed by atoms with Crippen molar-refractivity contribution in [3.8, 4) is 0 Å². The predicted molar refractivity (Wildman–Crippen MR) is 119 cm³/mol. The van der Waals surface area contributed by atoms with Crippen molar-refractivity contribution in [2.45, 2.75) is 30.6 Å². The average molecular weight is 438 g/mol. The van der Waals surface area contributed by atoms with E-state index in [1.165, 1.54) is 0 Å². The lowest BCUT2D eigenvalue weighted by Gasteiger charge is -2.08. The fourth-order valence-electron chi connectivity index (χ4n) is 3.33. The summed E-state index contributed by atoms with van der Waals surface area (Å²) in [6.45, 7) is 5.84. The van der Waals surface area contributed by atoms with Gasteiger partial charge in [0.25, 0.3) is 0 Å². The molecule has 4 aromatic rings. The summed E-state index contributed by atoms with van der Waals surface area (Å²) in [5.41, 5.74) is 4.21. The largest absolute Gasteiger partial charge is 0.437 e. The van der Waals surface area contributed by atoms with E-state index in [4.69, 9.17) is 16.0 Å². The van der Waals surface area contributed by atoms with Crippen molar-refractivity contribution >= 4 is 38.1 Å². The van der Waals surface area contributed by atoms with Gasteiger partial charge in [-0.25, -0.2) is 13.4 Å². The fraction of sp³-hybridized carbons (Fsp3) is 0.125. The summed E-state index contributed by atoms with van der Waals surface area (Å²) >= 11 is 6.11. The smallest absolute Gasteiger partial charge is 0.239 e. The molecule has 0 saturated carbocycles. The molecule has 0 spiro atoms. The fourth-order valence-corrected chi connectivity index (χ4v) is 4.86. The Morgan fingerprint density at radius 3 is 2.13 bits per heavy atom. The second-order valence-electron chi connectivity index (χ2n) is 7.37. The van der Waals surface area contributed by atoms with Gasteiger partial charge in [-0.05, 0) is 80.4 Å². The van der Waals surface area contributed by atoms with Crippen molar-refractivity contribution in [1.29, 1.82) is 0 Å². The maximum absolute atomic E-state index is 13.5. The van der Waals surface area contributed by atoms with E-state index in [9.17, 15) is 8.42 Å². The number of benzene rings is 3. The molecule has 0 fully saturated rings. The first-order valence-electron chi connectivity index (χ1n) is 9.40. The molecule has 0 atom stereocenters. The molecule has 4 rings (SSSR count). The van der Waals surface area contributed by atoms with Gasteiger partial charge in [0.05, 0.1) is 10.6 Å². The highest BCUT2D eigenvalue weighted by Gasteiger charge is 2.22. The molecule has 0 aliphatic carbocycles. The van der Waals surface area contributed by atoms with E-state index in [-0.39, 0.29) is 15.3 Å². The molecule has 0 radical (unpaired) electrons. The van der Waals surface area contributed by atoms with Crippen molar-refractivity contribution in [3.05, 3.63) is 94.0 Å². The molecule has 6 heteroatoms. The number of hydrogen-bond donors (Lipinski definition) is 0. The van der Waals surface area contributed by atoms with Crippen molar-refractivity contribution < 1.29 is 12.8 Å². The van der Waals surface area contributed by atoms with Crippen LogP contribution in [0.25, 0.3) is 11.0 Å². The lowest BCUT2D eigenvalue weighted by atomic mass is 10.1. The van der Waals surface area contributed by atoms with Gasteiger partial charge in [-0.2, -0.15) is 0 Å².